The second kappa shape index (κ2) is 6.30. The van der Waals surface area contributed by atoms with Crippen LogP contribution in [-0.2, 0) is 6.42 Å². The second-order valence-electron chi connectivity index (χ2n) is 6.17. The molecular formula is C20H18ClN3O. The van der Waals surface area contributed by atoms with Crippen LogP contribution < -0.4 is 5.32 Å². The lowest BCUT2D eigenvalue weighted by Gasteiger charge is -2.04. The van der Waals surface area contributed by atoms with Crippen molar-refractivity contribution in [3.63, 3.8) is 0 Å². The van der Waals surface area contributed by atoms with Crippen LogP contribution in [0.5, 0.6) is 0 Å². The van der Waals surface area contributed by atoms with E-state index >= 15 is 0 Å². The van der Waals surface area contributed by atoms with Crippen molar-refractivity contribution in [3.05, 3.63) is 70.5 Å². The predicted octanol–water partition coefficient (Wildman–Crippen LogP) is 4.58. The summed E-state index contributed by atoms with van der Waals surface area (Å²) in [6.07, 6.45) is 0.780. The van der Waals surface area contributed by atoms with Crippen LogP contribution in [0.2, 0.25) is 5.02 Å². The molecule has 1 amide bonds. The van der Waals surface area contributed by atoms with E-state index in [1.807, 2.05) is 36.4 Å². The molecule has 2 heterocycles. The van der Waals surface area contributed by atoms with Crippen LogP contribution >= 0.6 is 11.6 Å². The Labute approximate surface area is 150 Å². The molecule has 0 radical (unpaired) electrons. The Hall–Kier alpha value is -2.72. The number of halogens is 1. The van der Waals surface area contributed by atoms with E-state index in [2.05, 4.69) is 34.3 Å². The third-order valence-electron chi connectivity index (χ3n) is 4.54. The van der Waals surface area contributed by atoms with Crippen molar-refractivity contribution in [2.45, 2.75) is 13.3 Å². The van der Waals surface area contributed by atoms with Gasteiger partial charge in [0.05, 0.1) is 10.5 Å². The van der Waals surface area contributed by atoms with Gasteiger partial charge in [-0.1, -0.05) is 41.9 Å². The molecule has 0 spiro atoms. The Morgan fingerprint density at radius 1 is 1.12 bits per heavy atom. The highest BCUT2D eigenvalue weighted by molar-refractivity contribution is 6.35. The average Bonchev–Trinajstić information content (AvgIpc) is 3.17. The summed E-state index contributed by atoms with van der Waals surface area (Å²) >= 11 is 6.15. The van der Waals surface area contributed by atoms with E-state index < -0.39 is 0 Å². The summed E-state index contributed by atoms with van der Waals surface area (Å²) in [4.78, 5) is 18.9. The van der Waals surface area contributed by atoms with Crippen molar-refractivity contribution in [2.24, 2.45) is 0 Å². The van der Waals surface area contributed by atoms with Crippen LogP contribution in [0.3, 0.4) is 0 Å². The number of hydrogen-bond donors (Lipinski definition) is 3. The van der Waals surface area contributed by atoms with Crippen molar-refractivity contribution in [1.82, 2.24) is 15.3 Å². The molecule has 25 heavy (non-hydrogen) atoms. The monoisotopic (exact) mass is 351 g/mol. The summed E-state index contributed by atoms with van der Waals surface area (Å²) < 4.78 is 0. The van der Waals surface area contributed by atoms with E-state index in [-0.39, 0.29) is 5.91 Å². The van der Waals surface area contributed by atoms with Gasteiger partial charge in [-0.25, -0.2) is 0 Å². The van der Waals surface area contributed by atoms with Gasteiger partial charge in [-0.3, -0.25) is 4.79 Å². The molecule has 0 aliphatic heterocycles. The third kappa shape index (κ3) is 2.89. The summed E-state index contributed by atoms with van der Waals surface area (Å²) in [6, 6.07) is 15.7. The first-order valence-corrected chi connectivity index (χ1v) is 8.63. The van der Waals surface area contributed by atoms with Gasteiger partial charge in [-0.15, -0.1) is 0 Å². The van der Waals surface area contributed by atoms with E-state index in [1.54, 1.807) is 0 Å². The maximum atomic E-state index is 12.4. The molecule has 0 bridgehead atoms. The number of nitrogens with one attached hydrogen (secondary N) is 3. The van der Waals surface area contributed by atoms with Gasteiger partial charge >= 0.3 is 0 Å². The first kappa shape index (κ1) is 15.8. The third-order valence-corrected chi connectivity index (χ3v) is 4.85. The van der Waals surface area contributed by atoms with E-state index in [1.165, 1.54) is 10.9 Å². The Balaban J connectivity index is 1.48. The van der Waals surface area contributed by atoms with Crippen LogP contribution in [0.25, 0.3) is 21.8 Å². The fraction of sp³-hybridized carbons (Fsp3) is 0.150. The van der Waals surface area contributed by atoms with Crippen molar-refractivity contribution < 1.29 is 4.79 Å². The number of aromatic nitrogens is 2. The summed E-state index contributed by atoms with van der Waals surface area (Å²) in [5, 5.41) is 5.75. The van der Waals surface area contributed by atoms with Crippen molar-refractivity contribution in [1.29, 1.82) is 0 Å². The van der Waals surface area contributed by atoms with Gasteiger partial charge in [0.15, 0.2) is 0 Å². The Kier molecular flexibility index (Phi) is 3.98. The molecule has 0 unspecified atom stereocenters. The molecule has 0 aliphatic carbocycles. The Morgan fingerprint density at radius 3 is 2.80 bits per heavy atom. The number of fused-ring (bicyclic) bond motifs is 2. The summed E-state index contributed by atoms with van der Waals surface area (Å²) in [5.41, 5.74) is 4.84. The number of aromatic amines is 2. The molecule has 5 heteroatoms. The highest BCUT2D eigenvalue weighted by Crippen LogP contribution is 2.24. The molecule has 4 nitrogen and oxygen atoms in total. The fourth-order valence-electron chi connectivity index (χ4n) is 3.29. The van der Waals surface area contributed by atoms with Gasteiger partial charge in [0, 0.05) is 28.5 Å². The number of para-hydroxylation sites is 2. The number of carbonyl (C=O) groups is 1. The van der Waals surface area contributed by atoms with Gasteiger partial charge < -0.3 is 15.3 Å². The van der Waals surface area contributed by atoms with Crippen molar-refractivity contribution in [2.75, 3.05) is 6.54 Å². The van der Waals surface area contributed by atoms with Gasteiger partial charge in [-0.2, -0.15) is 0 Å². The quantitative estimate of drug-likeness (QED) is 0.495. The van der Waals surface area contributed by atoms with E-state index in [0.29, 0.717) is 17.3 Å². The predicted molar refractivity (Wildman–Crippen MR) is 102 cm³/mol. The molecule has 0 saturated carbocycles. The lowest BCUT2D eigenvalue weighted by Crippen LogP contribution is -2.26. The topological polar surface area (TPSA) is 60.7 Å². The number of amides is 1. The summed E-state index contributed by atoms with van der Waals surface area (Å²) in [6.45, 7) is 2.64. The first-order valence-electron chi connectivity index (χ1n) is 8.25. The molecular weight excluding hydrogens is 334 g/mol. The standard InChI is InChI=1S/C20H18ClN3O/c1-12-14(15-6-2-3-8-17(15)23-12)9-10-22-20(25)18-11-13-5-4-7-16(21)19(13)24-18/h2-8,11,23-24H,9-10H2,1H3,(H,22,25). The highest BCUT2D eigenvalue weighted by atomic mass is 35.5. The minimum absolute atomic E-state index is 0.121. The molecule has 4 rings (SSSR count). The van der Waals surface area contributed by atoms with Crippen molar-refractivity contribution in [3.8, 4) is 0 Å². The second-order valence-corrected chi connectivity index (χ2v) is 6.57. The zero-order valence-electron chi connectivity index (χ0n) is 13.8. The van der Waals surface area contributed by atoms with E-state index in [0.717, 1.165) is 28.5 Å². The molecule has 0 aliphatic rings. The van der Waals surface area contributed by atoms with Crippen LogP contribution in [0.15, 0.2) is 48.5 Å². The summed E-state index contributed by atoms with van der Waals surface area (Å²) in [7, 11) is 0. The van der Waals surface area contributed by atoms with Gasteiger partial charge in [0.25, 0.3) is 5.91 Å². The van der Waals surface area contributed by atoms with Crippen molar-refractivity contribution >= 4 is 39.3 Å². The van der Waals surface area contributed by atoms with E-state index in [4.69, 9.17) is 11.6 Å². The molecule has 0 saturated heterocycles. The fourth-order valence-corrected chi connectivity index (χ4v) is 3.52. The number of rotatable bonds is 4. The van der Waals surface area contributed by atoms with Gasteiger partial charge in [0.1, 0.15) is 5.69 Å². The number of aryl methyl sites for hydroxylation is 1. The SMILES string of the molecule is Cc1[nH]c2ccccc2c1CCNC(=O)c1cc2cccc(Cl)c2[nH]1. The molecule has 2 aromatic heterocycles. The largest absolute Gasteiger partial charge is 0.358 e. The zero-order chi connectivity index (χ0) is 17.4. The normalized spacial score (nSPS) is 11.3. The average molecular weight is 352 g/mol. The Bertz CT molecular complexity index is 1080. The Morgan fingerprint density at radius 2 is 1.96 bits per heavy atom. The number of carbonyl (C=O) groups excluding carboxylic acids is 1. The van der Waals surface area contributed by atoms with Crippen LogP contribution in [-0.4, -0.2) is 22.4 Å². The number of hydrogen-bond acceptors (Lipinski definition) is 1. The minimum Gasteiger partial charge on any atom is -0.358 e. The van der Waals surface area contributed by atoms with Crippen LogP contribution in [0.1, 0.15) is 21.7 Å². The number of H-pyrrole nitrogens is 2. The lowest BCUT2D eigenvalue weighted by atomic mass is 10.1. The lowest BCUT2D eigenvalue weighted by molar-refractivity contribution is 0.0950. The highest BCUT2D eigenvalue weighted by Gasteiger charge is 2.12. The van der Waals surface area contributed by atoms with Crippen LogP contribution in [0.4, 0.5) is 0 Å². The van der Waals surface area contributed by atoms with E-state index in [9.17, 15) is 4.79 Å². The summed E-state index contributed by atoms with van der Waals surface area (Å²) in [5.74, 6) is -0.121. The number of benzene rings is 2. The molecule has 2 aromatic carbocycles. The smallest absolute Gasteiger partial charge is 0.267 e. The maximum absolute atomic E-state index is 12.4. The molecule has 126 valence electrons. The molecule has 3 N–H and O–H groups in total. The molecule has 4 aromatic rings. The van der Waals surface area contributed by atoms with Gasteiger partial charge in [0.2, 0.25) is 0 Å². The maximum Gasteiger partial charge on any atom is 0.267 e. The van der Waals surface area contributed by atoms with Crippen LogP contribution in [0, 0.1) is 6.92 Å². The molecule has 0 fully saturated rings. The zero-order valence-corrected chi connectivity index (χ0v) is 14.6. The minimum atomic E-state index is -0.121. The van der Waals surface area contributed by atoms with Gasteiger partial charge in [-0.05, 0) is 37.1 Å². The first-order chi connectivity index (χ1) is 12.1. The molecule has 0 atom stereocenters.